The summed E-state index contributed by atoms with van der Waals surface area (Å²) in [6, 6.07) is 0. The third-order valence-electron chi connectivity index (χ3n) is 10.6. The molecule has 1 unspecified atom stereocenters. The number of hydrogen-bond acceptors (Lipinski definition) is 5. The maximum atomic E-state index is 12.3. The normalized spacial score (nSPS) is 13.9. The van der Waals surface area contributed by atoms with Crippen molar-refractivity contribution in [2.45, 2.75) is 187 Å². The van der Waals surface area contributed by atoms with Crippen molar-refractivity contribution in [3.63, 3.8) is 0 Å². The molecule has 0 aromatic rings. The van der Waals surface area contributed by atoms with Crippen LogP contribution in [-0.2, 0) is 19.1 Å². The second-order valence-corrected chi connectivity index (χ2v) is 17.2. The van der Waals surface area contributed by atoms with E-state index < -0.39 is 6.10 Å². The van der Waals surface area contributed by atoms with Crippen LogP contribution >= 0.6 is 0 Å². The first-order valence-corrected chi connectivity index (χ1v) is 27.6. The zero-order valence-corrected chi connectivity index (χ0v) is 45.1. The van der Waals surface area contributed by atoms with Gasteiger partial charge in [0.25, 0.3) is 0 Å². The van der Waals surface area contributed by atoms with Crippen LogP contribution in [0, 0.1) is 0 Å². The van der Waals surface area contributed by atoms with Crippen LogP contribution in [0.2, 0.25) is 0 Å². The molecule has 0 aliphatic carbocycles. The minimum absolute atomic E-state index is 0.129. The monoisotopic (exact) mass is 983 g/mol. The Hall–Kier alpha value is -5.52. The van der Waals surface area contributed by atoms with Gasteiger partial charge in [-0.3, -0.25) is 9.59 Å². The zero-order valence-electron chi connectivity index (χ0n) is 45.1. The molecule has 0 fully saturated rings. The number of esters is 2. The fraction of sp³-hybridized carbons (Fsp3) is 0.463. The predicted molar refractivity (Wildman–Crippen MR) is 315 cm³/mol. The van der Waals surface area contributed by atoms with Gasteiger partial charge in [-0.05, 0) is 135 Å². The van der Waals surface area contributed by atoms with Crippen molar-refractivity contribution >= 4 is 11.9 Å². The van der Waals surface area contributed by atoms with Gasteiger partial charge in [-0.25, -0.2) is 0 Å². The number of carbonyl (C=O) groups is 2. The van der Waals surface area contributed by atoms with Gasteiger partial charge in [-0.1, -0.05) is 240 Å². The van der Waals surface area contributed by atoms with E-state index in [0.717, 1.165) is 148 Å². The number of rotatable bonds is 47. The number of ether oxygens (including phenoxy) is 2. The summed E-state index contributed by atoms with van der Waals surface area (Å²) in [5, 5.41) is 9.62. The van der Waals surface area contributed by atoms with Crippen LogP contribution < -0.4 is 0 Å². The first kappa shape index (κ1) is 66.5. The van der Waals surface area contributed by atoms with Crippen LogP contribution in [0.1, 0.15) is 181 Å². The number of aliphatic hydroxyl groups is 1. The largest absolute Gasteiger partial charge is 0.462 e. The van der Waals surface area contributed by atoms with E-state index in [0.29, 0.717) is 12.8 Å². The van der Waals surface area contributed by atoms with E-state index in [1.54, 1.807) is 0 Å². The molecule has 0 spiro atoms. The van der Waals surface area contributed by atoms with Crippen molar-refractivity contribution < 1.29 is 24.2 Å². The number of allylic oxidation sites excluding steroid dienone is 34. The highest BCUT2D eigenvalue weighted by atomic mass is 16.6. The molecule has 0 heterocycles. The molecule has 0 amide bonds. The Balaban J connectivity index is 3.75. The van der Waals surface area contributed by atoms with Crippen molar-refractivity contribution in [2.24, 2.45) is 0 Å². The average molecular weight is 984 g/mol. The SMILES string of the molecule is CC/C=C\C/C=C\C/C=C\C/C=C\C/C=C\C/C=C\C/C=C\C/C=C\C/C=C\C/C=C\C/C=C\CCCCCCCC(=O)OC(CO)COC(=O)CC/C=C\C/C=C\C/C=C\C/C=C\C/C=C\C/C=C\CC. The third-order valence-corrected chi connectivity index (χ3v) is 10.6. The van der Waals surface area contributed by atoms with Crippen LogP contribution in [0.15, 0.2) is 207 Å². The fourth-order valence-electron chi connectivity index (χ4n) is 6.52. The lowest BCUT2D eigenvalue weighted by atomic mass is 10.1. The van der Waals surface area contributed by atoms with Gasteiger partial charge in [0.2, 0.25) is 0 Å². The maximum Gasteiger partial charge on any atom is 0.306 e. The molecule has 0 saturated heterocycles. The highest BCUT2D eigenvalue weighted by Gasteiger charge is 2.15. The van der Waals surface area contributed by atoms with Gasteiger partial charge < -0.3 is 14.6 Å². The molecule has 1 atom stereocenters. The Morgan fingerprint density at radius 2 is 0.583 bits per heavy atom. The van der Waals surface area contributed by atoms with Gasteiger partial charge in [-0.2, -0.15) is 0 Å². The van der Waals surface area contributed by atoms with Crippen molar-refractivity contribution in [1.82, 2.24) is 0 Å². The molecular weight excluding hydrogens is 885 g/mol. The van der Waals surface area contributed by atoms with Gasteiger partial charge in [-0.15, -0.1) is 0 Å². The summed E-state index contributed by atoms with van der Waals surface area (Å²) < 4.78 is 10.6. The van der Waals surface area contributed by atoms with E-state index in [1.807, 2.05) is 12.2 Å². The Labute approximate surface area is 440 Å². The van der Waals surface area contributed by atoms with E-state index in [4.69, 9.17) is 9.47 Å². The van der Waals surface area contributed by atoms with Crippen molar-refractivity contribution in [1.29, 1.82) is 0 Å². The number of unbranched alkanes of at least 4 members (excludes halogenated alkanes) is 5. The van der Waals surface area contributed by atoms with E-state index in [2.05, 4.69) is 208 Å². The predicted octanol–water partition coefficient (Wildman–Crippen LogP) is 19.1. The minimum atomic E-state index is -0.831. The zero-order chi connectivity index (χ0) is 52.0. The maximum absolute atomic E-state index is 12.3. The second-order valence-electron chi connectivity index (χ2n) is 17.2. The molecule has 0 aliphatic rings. The summed E-state index contributed by atoms with van der Waals surface area (Å²) >= 11 is 0. The molecular formula is C67H98O5. The summed E-state index contributed by atoms with van der Waals surface area (Å²) in [7, 11) is 0. The summed E-state index contributed by atoms with van der Waals surface area (Å²) in [6.07, 6.45) is 98.0. The molecule has 0 bridgehead atoms. The van der Waals surface area contributed by atoms with Gasteiger partial charge in [0.05, 0.1) is 6.61 Å². The Morgan fingerprint density at radius 3 is 0.889 bits per heavy atom. The summed E-state index contributed by atoms with van der Waals surface area (Å²) in [5.41, 5.74) is 0. The van der Waals surface area contributed by atoms with Crippen LogP contribution in [0.5, 0.6) is 0 Å². The second kappa shape index (κ2) is 59.8. The molecule has 0 radical (unpaired) electrons. The van der Waals surface area contributed by atoms with Gasteiger partial charge >= 0.3 is 11.9 Å². The van der Waals surface area contributed by atoms with Crippen LogP contribution in [0.25, 0.3) is 0 Å². The number of aliphatic hydroxyl groups excluding tert-OH is 1. The van der Waals surface area contributed by atoms with Crippen LogP contribution in [-0.4, -0.2) is 36.4 Å². The topological polar surface area (TPSA) is 72.8 Å². The summed E-state index contributed by atoms with van der Waals surface area (Å²) in [4.78, 5) is 24.4. The van der Waals surface area contributed by atoms with E-state index in [9.17, 15) is 14.7 Å². The van der Waals surface area contributed by atoms with Crippen molar-refractivity contribution in [3.8, 4) is 0 Å². The lowest BCUT2D eigenvalue weighted by Crippen LogP contribution is -2.28. The smallest absolute Gasteiger partial charge is 0.306 e. The van der Waals surface area contributed by atoms with Gasteiger partial charge in [0.15, 0.2) is 6.10 Å². The van der Waals surface area contributed by atoms with Crippen LogP contribution in [0.4, 0.5) is 0 Å². The van der Waals surface area contributed by atoms with Gasteiger partial charge in [0, 0.05) is 12.8 Å². The summed E-state index contributed by atoms with van der Waals surface area (Å²) in [5.74, 6) is -0.731. The molecule has 1 N–H and O–H groups in total. The molecule has 5 nitrogen and oxygen atoms in total. The average Bonchev–Trinajstić information content (AvgIpc) is 3.38. The quantitative estimate of drug-likeness (QED) is 0.0374. The molecule has 5 heteroatoms. The molecule has 396 valence electrons. The molecule has 0 aromatic heterocycles. The first-order valence-electron chi connectivity index (χ1n) is 27.6. The number of carbonyl (C=O) groups excluding carboxylic acids is 2. The molecule has 0 saturated carbocycles. The highest BCUT2D eigenvalue weighted by molar-refractivity contribution is 5.70. The molecule has 0 aromatic carbocycles. The fourth-order valence-corrected chi connectivity index (χ4v) is 6.52. The van der Waals surface area contributed by atoms with Crippen molar-refractivity contribution in [3.05, 3.63) is 207 Å². The third kappa shape index (κ3) is 57.1. The van der Waals surface area contributed by atoms with Crippen molar-refractivity contribution in [2.75, 3.05) is 13.2 Å². The summed E-state index contributed by atoms with van der Waals surface area (Å²) in [6.45, 7) is 3.80. The Bertz CT molecular complexity index is 1780. The molecule has 0 aliphatic heterocycles. The lowest BCUT2D eigenvalue weighted by molar-refractivity contribution is -0.161. The molecule has 72 heavy (non-hydrogen) atoms. The van der Waals surface area contributed by atoms with E-state index in [1.165, 1.54) is 0 Å². The van der Waals surface area contributed by atoms with E-state index >= 15 is 0 Å². The highest BCUT2D eigenvalue weighted by Crippen LogP contribution is 2.10. The van der Waals surface area contributed by atoms with E-state index in [-0.39, 0.29) is 31.6 Å². The Kier molecular flexibility index (Phi) is 55.2. The van der Waals surface area contributed by atoms with Gasteiger partial charge in [0.1, 0.15) is 6.61 Å². The van der Waals surface area contributed by atoms with Crippen LogP contribution in [0.3, 0.4) is 0 Å². The standard InChI is InChI=1S/C67H98O5/c1-3-5-7-9-11-13-15-17-19-21-23-24-25-26-27-28-29-30-31-32-33-34-35-36-37-38-39-40-41-42-44-46-48-50-52-54-56-58-60-62-67(70)72-65(63-68)64-71-66(69)61-59-57-55-53-51-49-47-45-43-22-20-18-16-14-12-10-8-6-4-2/h5-8,11-14,17-20,23-24,26-27,29-30,32-33,35-36,38-39,41-43,45-46,48-49,51,55,57,65,68H,3-4,9-10,15-16,21-22,25,28,31,34,37,40,44,47,50,52-54,56,58-64H2,1-2H3/b7-5-,8-6-,13-11-,14-12-,19-17-,20-18-,24-23-,27-26-,30-29-,33-32-,36-35-,39-38-,42-41-,45-43-,48-46-,51-49-,57-55-. The molecule has 0 rings (SSSR count). The number of hydrogen-bond donors (Lipinski definition) is 1. The minimum Gasteiger partial charge on any atom is -0.462 e. The first-order chi connectivity index (χ1) is 35.6. The Morgan fingerprint density at radius 1 is 0.319 bits per heavy atom. The lowest BCUT2D eigenvalue weighted by Gasteiger charge is -2.15.